The molecular formula is C28H30N4O5S2. The van der Waals surface area contributed by atoms with E-state index in [1.54, 1.807) is 49.8 Å². The molecule has 0 spiro atoms. The topological polar surface area (TPSA) is 121 Å². The monoisotopic (exact) mass is 566 g/mol. The van der Waals surface area contributed by atoms with Crippen LogP contribution in [0.25, 0.3) is 28.1 Å². The third kappa shape index (κ3) is 5.70. The average Bonchev–Trinajstić information content (AvgIpc) is 3.41. The molecule has 204 valence electrons. The van der Waals surface area contributed by atoms with Crippen LogP contribution in [0.1, 0.15) is 18.4 Å². The predicted molar refractivity (Wildman–Crippen MR) is 155 cm³/mol. The normalized spacial score (nSPS) is 15.7. The van der Waals surface area contributed by atoms with E-state index in [4.69, 9.17) is 0 Å². The van der Waals surface area contributed by atoms with Crippen molar-refractivity contribution in [1.29, 1.82) is 0 Å². The lowest BCUT2D eigenvalue weighted by Crippen LogP contribution is -2.41. The zero-order valence-corrected chi connectivity index (χ0v) is 23.3. The number of aryl methyl sites for hydroxylation is 1. The van der Waals surface area contributed by atoms with E-state index < -0.39 is 19.9 Å². The Labute approximate surface area is 227 Å². The summed E-state index contributed by atoms with van der Waals surface area (Å²) < 4.78 is 53.5. The minimum atomic E-state index is -3.56. The number of fused-ring (bicyclic) bond motifs is 1. The summed E-state index contributed by atoms with van der Waals surface area (Å²) in [6.45, 7) is 0.718. The number of aromatic nitrogens is 2. The predicted octanol–water partition coefficient (Wildman–Crippen LogP) is 3.81. The van der Waals surface area contributed by atoms with Crippen LogP contribution in [0, 0.1) is 0 Å². The molecule has 11 heteroatoms. The van der Waals surface area contributed by atoms with Crippen LogP contribution in [0.15, 0.2) is 82.1 Å². The standard InChI is InChI=1S/C28H30N4O5S2/c1-31-19-25(23-10-14-29-27(23)28(31)33)24-18-22(38(2,34)35)8-9-26(24)30-21-11-15-32(16-12-21)39(36,37)17-13-20-6-4-3-5-7-20/h3-10,13-14,17-19,21,29-30H,11-12,15-16H2,1-2H3. The first-order chi connectivity index (χ1) is 18.5. The Morgan fingerprint density at radius 2 is 1.69 bits per heavy atom. The Bertz CT molecular complexity index is 1820. The van der Waals surface area contributed by atoms with Gasteiger partial charge in [-0.05, 0) is 48.7 Å². The van der Waals surface area contributed by atoms with Gasteiger partial charge in [0.1, 0.15) is 5.52 Å². The molecule has 0 bridgehead atoms. The van der Waals surface area contributed by atoms with E-state index in [1.807, 2.05) is 30.3 Å². The summed E-state index contributed by atoms with van der Waals surface area (Å²) in [5, 5.41) is 5.46. The molecule has 2 aromatic heterocycles. The first-order valence-electron chi connectivity index (χ1n) is 12.5. The fourth-order valence-electron chi connectivity index (χ4n) is 4.88. The summed E-state index contributed by atoms with van der Waals surface area (Å²) >= 11 is 0. The number of aromatic amines is 1. The molecule has 9 nitrogen and oxygen atoms in total. The number of anilines is 1. The number of nitrogens with zero attached hydrogens (tertiary/aromatic N) is 2. The molecule has 1 fully saturated rings. The Morgan fingerprint density at radius 1 is 0.974 bits per heavy atom. The molecule has 0 saturated carbocycles. The van der Waals surface area contributed by atoms with Gasteiger partial charge >= 0.3 is 0 Å². The number of sulfonamides is 1. The number of piperidine rings is 1. The minimum absolute atomic E-state index is 0.0216. The number of hydrogen-bond acceptors (Lipinski definition) is 6. The Morgan fingerprint density at radius 3 is 2.38 bits per heavy atom. The molecule has 1 aliphatic heterocycles. The highest BCUT2D eigenvalue weighted by Crippen LogP contribution is 2.35. The van der Waals surface area contributed by atoms with Crippen molar-refractivity contribution in [3.63, 3.8) is 0 Å². The van der Waals surface area contributed by atoms with E-state index in [0.717, 1.165) is 11.8 Å². The largest absolute Gasteiger partial charge is 0.382 e. The first kappa shape index (κ1) is 26.9. The second kappa shape index (κ2) is 10.5. The highest BCUT2D eigenvalue weighted by molar-refractivity contribution is 7.92. The van der Waals surface area contributed by atoms with Gasteiger partial charge in [0.25, 0.3) is 5.56 Å². The van der Waals surface area contributed by atoms with E-state index in [9.17, 15) is 21.6 Å². The zero-order chi connectivity index (χ0) is 27.8. The van der Waals surface area contributed by atoms with Crippen LogP contribution < -0.4 is 10.9 Å². The number of H-pyrrole nitrogens is 1. The second-order valence-electron chi connectivity index (χ2n) is 9.78. The summed E-state index contributed by atoms with van der Waals surface area (Å²) in [4.78, 5) is 15.8. The lowest BCUT2D eigenvalue weighted by atomic mass is 10.00. The Kier molecular flexibility index (Phi) is 7.23. The second-order valence-corrected chi connectivity index (χ2v) is 13.6. The summed E-state index contributed by atoms with van der Waals surface area (Å²) in [7, 11) is -5.37. The molecule has 3 heterocycles. The number of hydrogen-bond donors (Lipinski definition) is 2. The average molecular weight is 567 g/mol. The molecule has 2 aromatic carbocycles. The van der Waals surface area contributed by atoms with E-state index >= 15 is 0 Å². The third-order valence-corrected chi connectivity index (χ3v) is 9.68. The smallest absolute Gasteiger partial charge is 0.274 e. The highest BCUT2D eigenvalue weighted by atomic mass is 32.2. The highest BCUT2D eigenvalue weighted by Gasteiger charge is 2.27. The fraction of sp³-hybridized carbons (Fsp3) is 0.250. The molecule has 0 aliphatic carbocycles. The van der Waals surface area contributed by atoms with E-state index in [-0.39, 0.29) is 16.5 Å². The summed E-state index contributed by atoms with van der Waals surface area (Å²) in [6.07, 6.45) is 7.32. The molecule has 4 aromatic rings. The van der Waals surface area contributed by atoms with Crippen molar-refractivity contribution in [2.45, 2.75) is 23.8 Å². The molecule has 0 unspecified atom stereocenters. The molecular weight excluding hydrogens is 536 g/mol. The number of sulfone groups is 1. The maximum atomic E-state index is 12.9. The van der Waals surface area contributed by atoms with Crippen LogP contribution >= 0.6 is 0 Å². The van der Waals surface area contributed by atoms with Gasteiger partial charge in [0.05, 0.1) is 4.90 Å². The van der Waals surface area contributed by atoms with Gasteiger partial charge in [0.2, 0.25) is 10.0 Å². The van der Waals surface area contributed by atoms with Crippen molar-refractivity contribution in [3.05, 3.63) is 88.3 Å². The van der Waals surface area contributed by atoms with Crippen LogP contribution in [0.3, 0.4) is 0 Å². The maximum absolute atomic E-state index is 12.9. The van der Waals surface area contributed by atoms with E-state index in [1.165, 1.54) is 14.3 Å². The molecule has 1 aliphatic rings. The number of benzene rings is 2. The number of nitrogens with one attached hydrogen (secondary N) is 2. The molecule has 0 atom stereocenters. The van der Waals surface area contributed by atoms with Crippen LogP contribution in [-0.2, 0) is 26.9 Å². The maximum Gasteiger partial charge on any atom is 0.274 e. The van der Waals surface area contributed by atoms with E-state index in [0.29, 0.717) is 53.6 Å². The Hall–Kier alpha value is -3.67. The minimum Gasteiger partial charge on any atom is -0.382 e. The van der Waals surface area contributed by atoms with Gasteiger partial charge in [-0.2, -0.15) is 4.31 Å². The third-order valence-electron chi connectivity index (χ3n) is 7.01. The summed E-state index contributed by atoms with van der Waals surface area (Å²) in [5.41, 5.74) is 3.16. The van der Waals surface area contributed by atoms with Crippen LogP contribution in [0.5, 0.6) is 0 Å². The van der Waals surface area contributed by atoms with Crippen molar-refractivity contribution in [2.24, 2.45) is 7.05 Å². The summed E-state index contributed by atoms with van der Waals surface area (Å²) in [5.74, 6) is 0. The van der Waals surface area contributed by atoms with Crippen LogP contribution in [0.2, 0.25) is 0 Å². The molecule has 1 saturated heterocycles. The van der Waals surface area contributed by atoms with Gasteiger partial charge in [-0.3, -0.25) is 4.79 Å². The molecule has 0 amide bonds. The molecule has 5 rings (SSSR count). The van der Waals surface area contributed by atoms with Gasteiger partial charge in [0.15, 0.2) is 9.84 Å². The van der Waals surface area contributed by atoms with Crippen molar-refractivity contribution < 1.29 is 16.8 Å². The van der Waals surface area contributed by atoms with Gasteiger partial charge < -0.3 is 14.9 Å². The quantitative estimate of drug-likeness (QED) is 0.351. The van der Waals surface area contributed by atoms with Gasteiger partial charge in [-0.1, -0.05) is 30.3 Å². The van der Waals surface area contributed by atoms with Crippen LogP contribution in [-0.4, -0.2) is 56.1 Å². The molecule has 39 heavy (non-hydrogen) atoms. The lowest BCUT2D eigenvalue weighted by Gasteiger charge is -2.32. The Balaban J connectivity index is 1.40. The number of rotatable bonds is 7. The van der Waals surface area contributed by atoms with Crippen molar-refractivity contribution in [3.8, 4) is 11.1 Å². The molecule has 2 N–H and O–H groups in total. The van der Waals surface area contributed by atoms with Crippen molar-refractivity contribution >= 4 is 42.5 Å². The van der Waals surface area contributed by atoms with Gasteiger partial charge in [-0.15, -0.1) is 0 Å². The van der Waals surface area contributed by atoms with Crippen molar-refractivity contribution in [1.82, 2.24) is 13.9 Å². The first-order valence-corrected chi connectivity index (χ1v) is 15.9. The zero-order valence-electron chi connectivity index (χ0n) is 21.7. The van der Waals surface area contributed by atoms with Gasteiger partial charge in [0, 0.05) is 72.4 Å². The van der Waals surface area contributed by atoms with E-state index in [2.05, 4.69) is 10.3 Å². The summed E-state index contributed by atoms with van der Waals surface area (Å²) in [6, 6.07) is 16.0. The van der Waals surface area contributed by atoms with Crippen LogP contribution in [0.4, 0.5) is 5.69 Å². The fourth-order valence-corrected chi connectivity index (χ4v) is 6.74. The number of pyridine rings is 1. The molecule has 0 radical (unpaired) electrons. The van der Waals surface area contributed by atoms with Crippen molar-refractivity contribution in [2.75, 3.05) is 24.7 Å². The van der Waals surface area contributed by atoms with Gasteiger partial charge in [-0.25, -0.2) is 16.8 Å². The SMILES string of the molecule is Cn1cc(-c2cc(S(C)(=O)=O)ccc2NC2CCN(S(=O)(=O)C=Cc3ccccc3)CC2)c2cc[nH]c2c1=O. The lowest BCUT2D eigenvalue weighted by molar-refractivity contribution is 0.333.